The normalized spacial score (nSPS) is 10.9. The van der Waals surface area contributed by atoms with Crippen LogP contribution in [0.2, 0.25) is 0 Å². The molecule has 3 rings (SSSR count). The van der Waals surface area contributed by atoms with Crippen molar-refractivity contribution in [2.45, 2.75) is 12.8 Å². The van der Waals surface area contributed by atoms with E-state index in [4.69, 9.17) is 4.42 Å². The van der Waals surface area contributed by atoms with Gasteiger partial charge in [0.05, 0.1) is 0 Å². The summed E-state index contributed by atoms with van der Waals surface area (Å²) < 4.78 is 18.7. The SMILES string of the molecule is Fc1ccc2oc(CCc3ccccc3)cc2c1. The van der Waals surface area contributed by atoms with Gasteiger partial charge in [-0.15, -0.1) is 0 Å². The van der Waals surface area contributed by atoms with E-state index in [1.807, 2.05) is 24.3 Å². The Morgan fingerprint density at radius 1 is 0.889 bits per heavy atom. The van der Waals surface area contributed by atoms with Gasteiger partial charge in [0, 0.05) is 11.8 Å². The van der Waals surface area contributed by atoms with Crippen molar-refractivity contribution in [2.24, 2.45) is 0 Å². The Bertz CT molecular complexity index is 655. The van der Waals surface area contributed by atoms with Gasteiger partial charge in [-0.05, 0) is 36.2 Å². The van der Waals surface area contributed by atoms with Gasteiger partial charge in [0.1, 0.15) is 17.2 Å². The molecule has 0 aliphatic rings. The standard InChI is InChI=1S/C16H13FO/c17-14-7-9-16-13(10-14)11-15(18-16)8-6-12-4-2-1-3-5-12/h1-5,7,9-11H,6,8H2. The van der Waals surface area contributed by atoms with Crippen LogP contribution in [0.15, 0.2) is 59.0 Å². The van der Waals surface area contributed by atoms with E-state index in [0.29, 0.717) is 0 Å². The van der Waals surface area contributed by atoms with Crippen molar-refractivity contribution in [1.82, 2.24) is 0 Å². The molecule has 0 unspecified atom stereocenters. The summed E-state index contributed by atoms with van der Waals surface area (Å²) in [4.78, 5) is 0. The van der Waals surface area contributed by atoms with Gasteiger partial charge < -0.3 is 4.42 Å². The van der Waals surface area contributed by atoms with E-state index >= 15 is 0 Å². The fourth-order valence-electron chi connectivity index (χ4n) is 2.10. The lowest BCUT2D eigenvalue weighted by molar-refractivity contribution is 0.546. The topological polar surface area (TPSA) is 13.1 Å². The van der Waals surface area contributed by atoms with Crippen molar-refractivity contribution in [3.8, 4) is 0 Å². The highest BCUT2D eigenvalue weighted by Crippen LogP contribution is 2.21. The molecule has 0 saturated carbocycles. The number of hydrogen-bond acceptors (Lipinski definition) is 1. The van der Waals surface area contributed by atoms with Crippen LogP contribution in [0, 0.1) is 5.82 Å². The van der Waals surface area contributed by atoms with Gasteiger partial charge in [-0.3, -0.25) is 0 Å². The molecule has 0 bridgehead atoms. The van der Waals surface area contributed by atoms with Gasteiger partial charge in [-0.25, -0.2) is 4.39 Å². The Morgan fingerprint density at radius 2 is 1.72 bits per heavy atom. The van der Waals surface area contributed by atoms with Crippen LogP contribution in [0.3, 0.4) is 0 Å². The first-order valence-corrected chi connectivity index (χ1v) is 6.03. The van der Waals surface area contributed by atoms with Gasteiger partial charge in [0.25, 0.3) is 0 Å². The van der Waals surface area contributed by atoms with Gasteiger partial charge >= 0.3 is 0 Å². The smallest absolute Gasteiger partial charge is 0.134 e. The van der Waals surface area contributed by atoms with E-state index in [0.717, 1.165) is 29.6 Å². The minimum Gasteiger partial charge on any atom is -0.461 e. The lowest BCUT2D eigenvalue weighted by Gasteiger charge is -1.97. The summed E-state index contributed by atoms with van der Waals surface area (Å²) in [5, 5.41) is 0.832. The molecular formula is C16H13FO. The highest BCUT2D eigenvalue weighted by molar-refractivity contribution is 5.77. The van der Waals surface area contributed by atoms with Crippen molar-refractivity contribution in [3.63, 3.8) is 0 Å². The fraction of sp³-hybridized carbons (Fsp3) is 0.125. The minimum absolute atomic E-state index is 0.224. The molecule has 0 spiro atoms. The Kier molecular flexibility index (Phi) is 2.85. The van der Waals surface area contributed by atoms with Crippen molar-refractivity contribution in [3.05, 3.63) is 71.7 Å². The van der Waals surface area contributed by atoms with E-state index < -0.39 is 0 Å². The maximum absolute atomic E-state index is 13.1. The monoisotopic (exact) mass is 240 g/mol. The molecule has 0 aliphatic heterocycles. The van der Waals surface area contributed by atoms with E-state index in [2.05, 4.69) is 12.1 Å². The number of halogens is 1. The minimum atomic E-state index is -0.224. The Hall–Kier alpha value is -2.09. The molecule has 1 nitrogen and oxygen atoms in total. The quantitative estimate of drug-likeness (QED) is 0.663. The van der Waals surface area contributed by atoms with Crippen molar-refractivity contribution >= 4 is 11.0 Å². The first-order chi connectivity index (χ1) is 8.81. The molecule has 0 fully saturated rings. The van der Waals surface area contributed by atoms with E-state index in [9.17, 15) is 4.39 Å². The van der Waals surface area contributed by atoms with E-state index in [1.165, 1.54) is 17.7 Å². The predicted molar refractivity (Wildman–Crippen MR) is 70.0 cm³/mol. The number of fused-ring (bicyclic) bond motifs is 1. The Morgan fingerprint density at radius 3 is 2.56 bits per heavy atom. The van der Waals surface area contributed by atoms with Crippen LogP contribution in [0.4, 0.5) is 4.39 Å². The van der Waals surface area contributed by atoms with Crippen LogP contribution in [0.5, 0.6) is 0 Å². The fourth-order valence-corrected chi connectivity index (χ4v) is 2.10. The summed E-state index contributed by atoms with van der Waals surface area (Å²) in [6.07, 6.45) is 1.77. The Labute approximate surface area is 105 Å². The highest BCUT2D eigenvalue weighted by atomic mass is 19.1. The van der Waals surface area contributed by atoms with Gasteiger partial charge in [0.15, 0.2) is 0 Å². The van der Waals surface area contributed by atoms with Gasteiger partial charge in [-0.1, -0.05) is 30.3 Å². The molecular weight excluding hydrogens is 227 g/mol. The molecule has 0 atom stereocenters. The molecule has 1 heterocycles. The van der Waals surface area contributed by atoms with Gasteiger partial charge in [0.2, 0.25) is 0 Å². The molecule has 1 aromatic heterocycles. The number of aryl methyl sites for hydroxylation is 2. The lowest BCUT2D eigenvalue weighted by Crippen LogP contribution is -1.88. The molecule has 18 heavy (non-hydrogen) atoms. The molecule has 0 saturated heterocycles. The maximum Gasteiger partial charge on any atom is 0.134 e. The summed E-state index contributed by atoms with van der Waals surface area (Å²) in [6.45, 7) is 0. The molecule has 0 aliphatic carbocycles. The first-order valence-electron chi connectivity index (χ1n) is 6.03. The number of furan rings is 1. The van der Waals surface area contributed by atoms with Crippen molar-refractivity contribution in [1.29, 1.82) is 0 Å². The molecule has 0 radical (unpaired) electrons. The van der Waals surface area contributed by atoms with Crippen molar-refractivity contribution < 1.29 is 8.81 Å². The summed E-state index contributed by atoms with van der Waals surface area (Å²) in [6, 6.07) is 16.8. The van der Waals surface area contributed by atoms with Crippen LogP contribution < -0.4 is 0 Å². The van der Waals surface area contributed by atoms with Crippen LogP contribution in [0.1, 0.15) is 11.3 Å². The third kappa shape index (κ3) is 2.28. The predicted octanol–water partition coefficient (Wildman–Crippen LogP) is 4.36. The molecule has 90 valence electrons. The first kappa shape index (κ1) is 11.0. The van der Waals surface area contributed by atoms with Crippen LogP contribution in [0.25, 0.3) is 11.0 Å². The lowest BCUT2D eigenvalue weighted by atomic mass is 10.1. The molecule has 0 amide bonds. The highest BCUT2D eigenvalue weighted by Gasteiger charge is 2.04. The van der Waals surface area contributed by atoms with E-state index in [-0.39, 0.29) is 5.82 Å². The van der Waals surface area contributed by atoms with Crippen LogP contribution >= 0.6 is 0 Å². The molecule has 0 N–H and O–H groups in total. The Balaban J connectivity index is 1.79. The average Bonchev–Trinajstić information content (AvgIpc) is 2.79. The van der Waals surface area contributed by atoms with Crippen LogP contribution in [-0.4, -0.2) is 0 Å². The zero-order valence-electron chi connectivity index (χ0n) is 9.90. The zero-order valence-corrected chi connectivity index (χ0v) is 9.90. The summed E-state index contributed by atoms with van der Waals surface area (Å²) in [5.74, 6) is 0.678. The largest absolute Gasteiger partial charge is 0.461 e. The number of hydrogen-bond donors (Lipinski definition) is 0. The second-order valence-corrected chi connectivity index (χ2v) is 4.38. The number of rotatable bonds is 3. The molecule has 2 heteroatoms. The molecule has 3 aromatic rings. The third-order valence-electron chi connectivity index (χ3n) is 3.03. The summed E-state index contributed by atoms with van der Waals surface area (Å²) >= 11 is 0. The maximum atomic E-state index is 13.1. The average molecular weight is 240 g/mol. The summed E-state index contributed by atoms with van der Waals surface area (Å²) in [5.41, 5.74) is 2.03. The second kappa shape index (κ2) is 4.65. The van der Waals surface area contributed by atoms with Crippen molar-refractivity contribution in [2.75, 3.05) is 0 Å². The summed E-state index contributed by atoms with van der Waals surface area (Å²) in [7, 11) is 0. The number of benzene rings is 2. The van der Waals surface area contributed by atoms with E-state index in [1.54, 1.807) is 6.07 Å². The molecule has 2 aromatic carbocycles. The van der Waals surface area contributed by atoms with Crippen LogP contribution in [-0.2, 0) is 12.8 Å². The third-order valence-corrected chi connectivity index (χ3v) is 3.03. The van der Waals surface area contributed by atoms with Gasteiger partial charge in [-0.2, -0.15) is 0 Å². The zero-order chi connectivity index (χ0) is 12.4. The second-order valence-electron chi connectivity index (χ2n) is 4.38.